The second-order valence-corrected chi connectivity index (χ2v) is 5.49. The monoisotopic (exact) mass is 251 g/mol. The van der Waals surface area contributed by atoms with Crippen LogP contribution in [0, 0.1) is 0 Å². The van der Waals surface area contributed by atoms with Gasteiger partial charge in [0.1, 0.15) is 0 Å². The van der Waals surface area contributed by atoms with Crippen molar-refractivity contribution < 1.29 is 4.52 Å². The van der Waals surface area contributed by atoms with E-state index in [1.54, 1.807) is 0 Å². The second kappa shape index (κ2) is 4.85. The molecular formula is C12H21N5O. The van der Waals surface area contributed by atoms with E-state index in [0.717, 1.165) is 57.3 Å². The van der Waals surface area contributed by atoms with Crippen molar-refractivity contribution in [2.75, 3.05) is 38.1 Å². The predicted octanol–water partition coefficient (Wildman–Crippen LogP) is 0.416. The summed E-state index contributed by atoms with van der Waals surface area (Å²) in [5.41, 5.74) is 5.92. The van der Waals surface area contributed by atoms with Crippen LogP contribution in [0.3, 0.4) is 0 Å². The maximum Gasteiger partial charge on any atom is 0.266 e. The van der Waals surface area contributed by atoms with E-state index >= 15 is 0 Å². The van der Waals surface area contributed by atoms with E-state index < -0.39 is 0 Å². The molecule has 6 nitrogen and oxygen atoms in total. The molecule has 3 rings (SSSR count). The zero-order chi connectivity index (χ0) is 12.5. The highest BCUT2D eigenvalue weighted by Gasteiger charge is 2.29. The smallest absolute Gasteiger partial charge is 0.266 e. The average molecular weight is 251 g/mol. The van der Waals surface area contributed by atoms with E-state index in [-0.39, 0.29) is 0 Å². The first-order valence-electron chi connectivity index (χ1n) is 6.75. The van der Waals surface area contributed by atoms with E-state index in [0.29, 0.717) is 12.0 Å². The number of likely N-dealkylation sites (N-methyl/N-ethyl adjacent to an activating group) is 1. The van der Waals surface area contributed by atoms with Crippen LogP contribution in [-0.2, 0) is 0 Å². The number of nitrogens with zero attached hydrogens (tertiary/aromatic N) is 4. The molecule has 0 spiro atoms. The molecular weight excluding hydrogens is 230 g/mol. The maximum atomic E-state index is 5.92. The molecule has 2 fully saturated rings. The summed E-state index contributed by atoms with van der Waals surface area (Å²) in [7, 11) is 2.14. The molecule has 18 heavy (non-hydrogen) atoms. The van der Waals surface area contributed by atoms with Gasteiger partial charge in [0.15, 0.2) is 0 Å². The fraction of sp³-hybridized carbons (Fsp3) is 0.833. The van der Waals surface area contributed by atoms with Gasteiger partial charge in [-0.3, -0.25) is 0 Å². The largest absolute Gasteiger partial charge is 0.337 e. The molecule has 6 heteroatoms. The Labute approximate surface area is 107 Å². The Morgan fingerprint density at radius 1 is 1.22 bits per heavy atom. The fourth-order valence-electron chi connectivity index (χ4n) is 2.77. The van der Waals surface area contributed by atoms with Gasteiger partial charge in [0.05, 0.1) is 0 Å². The lowest BCUT2D eigenvalue weighted by molar-refractivity contribution is 0.308. The molecule has 1 aromatic heterocycles. The standard InChI is InChI=1S/C12H21N5O/c1-16-4-6-17(7-5-16)12-14-11(18-15-12)9-2-3-10(13)8-9/h9-10H,2-8,13H2,1H3. The van der Waals surface area contributed by atoms with Crippen molar-refractivity contribution in [1.29, 1.82) is 0 Å². The van der Waals surface area contributed by atoms with E-state index in [1.165, 1.54) is 0 Å². The van der Waals surface area contributed by atoms with Crippen LogP contribution in [0.4, 0.5) is 5.95 Å². The highest BCUT2D eigenvalue weighted by Crippen LogP contribution is 2.33. The molecule has 0 aromatic carbocycles. The molecule has 1 aromatic rings. The van der Waals surface area contributed by atoms with Crippen LogP contribution in [-0.4, -0.2) is 54.3 Å². The molecule has 1 aliphatic heterocycles. The molecule has 2 heterocycles. The van der Waals surface area contributed by atoms with Gasteiger partial charge in [-0.1, -0.05) is 0 Å². The first-order valence-corrected chi connectivity index (χ1v) is 6.75. The Bertz CT molecular complexity index is 399. The fourth-order valence-corrected chi connectivity index (χ4v) is 2.77. The van der Waals surface area contributed by atoms with Crippen molar-refractivity contribution in [3.05, 3.63) is 5.89 Å². The van der Waals surface area contributed by atoms with Crippen molar-refractivity contribution >= 4 is 5.95 Å². The number of hydrogen-bond donors (Lipinski definition) is 1. The maximum absolute atomic E-state index is 5.92. The summed E-state index contributed by atoms with van der Waals surface area (Å²) in [5.74, 6) is 1.89. The lowest BCUT2D eigenvalue weighted by atomic mass is 10.1. The number of hydrogen-bond acceptors (Lipinski definition) is 6. The second-order valence-electron chi connectivity index (χ2n) is 5.49. The molecule has 2 aliphatic rings. The topological polar surface area (TPSA) is 71.4 Å². The average Bonchev–Trinajstić information content (AvgIpc) is 2.98. The van der Waals surface area contributed by atoms with Crippen LogP contribution in [0.25, 0.3) is 0 Å². The van der Waals surface area contributed by atoms with Gasteiger partial charge in [-0.15, -0.1) is 0 Å². The van der Waals surface area contributed by atoms with Gasteiger partial charge < -0.3 is 20.1 Å². The minimum Gasteiger partial charge on any atom is -0.337 e. The molecule has 1 saturated heterocycles. The van der Waals surface area contributed by atoms with Gasteiger partial charge in [-0.25, -0.2) is 0 Å². The minimum atomic E-state index is 0.300. The number of anilines is 1. The minimum absolute atomic E-state index is 0.300. The first-order chi connectivity index (χ1) is 8.72. The van der Waals surface area contributed by atoms with E-state index in [9.17, 15) is 0 Å². The summed E-state index contributed by atoms with van der Waals surface area (Å²) in [6, 6.07) is 0.300. The molecule has 1 aliphatic carbocycles. The van der Waals surface area contributed by atoms with Crippen molar-refractivity contribution in [2.24, 2.45) is 5.73 Å². The van der Waals surface area contributed by atoms with Crippen LogP contribution in [0.1, 0.15) is 31.1 Å². The predicted molar refractivity (Wildman–Crippen MR) is 68.6 cm³/mol. The van der Waals surface area contributed by atoms with Crippen molar-refractivity contribution in [3.63, 3.8) is 0 Å². The van der Waals surface area contributed by atoms with Crippen molar-refractivity contribution in [3.8, 4) is 0 Å². The van der Waals surface area contributed by atoms with Crippen LogP contribution >= 0.6 is 0 Å². The summed E-state index contributed by atoms with van der Waals surface area (Å²) in [5, 5.41) is 4.12. The van der Waals surface area contributed by atoms with Crippen LogP contribution < -0.4 is 10.6 Å². The zero-order valence-electron chi connectivity index (χ0n) is 10.9. The van der Waals surface area contributed by atoms with Crippen molar-refractivity contribution in [2.45, 2.75) is 31.2 Å². The van der Waals surface area contributed by atoms with E-state index in [1.807, 2.05) is 0 Å². The first kappa shape index (κ1) is 11.9. The van der Waals surface area contributed by atoms with Gasteiger partial charge in [-0.05, 0) is 31.5 Å². The van der Waals surface area contributed by atoms with Gasteiger partial charge >= 0.3 is 0 Å². The van der Waals surface area contributed by atoms with E-state index in [2.05, 4.69) is 27.0 Å². The molecule has 1 saturated carbocycles. The molecule has 0 bridgehead atoms. The SMILES string of the molecule is CN1CCN(c2noc(C3CCC(N)C3)n2)CC1. The highest BCUT2D eigenvalue weighted by atomic mass is 16.5. The van der Waals surface area contributed by atoms with E-state index in [4.69, 9.17) is 10.3 Å². The zero-order valence-corrected chi connectivity index (χ0v) is 10.9. The lowest BCUT2D eigenvalue weighted by Crippen LogP contribution is -2.44. The van der Waals surface area contributed by atoms with Crippen molar-refractivity contribution in [1.82, 2.24) is 15.0 Å². The van der Waals surface area contributed by atoms with Crippen LogP contribution in [0.15, 0.2) is 4.52 Å². The highest BCUT2D eigenvalue weighted by molar-refractivity contribution is 5.29. The summed E-state index contributed by atoms with van der Waals surface area (Å²) >= 11 is 0. The summed E-state index contributed by atoms with van der Waals surface area (Å²) in [6.07, 6.45) is 3.12. The Balaban J connectivity index is 1.66. The summed E-state index contributed by atoms with van der Waals surface area (Å²) in [6.45, 7) is 4.05. The van der Waals surface area contributed by atoms with Gasteiger partial charge in [0, 0.05) is 38.1 Å². The third-order valence-electron chi connectivity index (χ3n) is 4.04. The Morgan fingerprint density at radius 3 is 2.67 bits per heavy atom. The number of piperazine rings is 1. The number of aromatic nitrogens is 2. The summed E-state index contributed by atoms with van der Waals surface area (Å²) in [4.78, 5) is 9.06. The molecule has 2 N–H and O–H groups in total. The number of nitrogens with two attached hydrogens (primary N) is 1. The van der Waals surface area contributed by atoms with Gasteiger partial charge in [0.2, 0.25) is 5.89 Å². The quantitative estimate of drug-likeness (QED) is 0.821. The Hall–Kier alpha value is -1.14. The Kier molecular flexibility index (Phi) is 3.22. The number of rotatable bonds is 2. The lowest BCUT2D eigenvalue weighted by Gasteiger charge is -2.31. The Morgan fingerprint density at radius 2 is 2.00 bits per heavy atom. The third-order valence-corrected chi connectivity index (χ3v) is 4.04. The third kappa shape index (κ3) is 2.35. The molecule has 100 valence electrons. The molecule has 0 radical (unpaired) electrons. The van der Waals surface area contributed by atoms with Gasteiger partial charge in [0.25, 0.3) is 5.95 Å². The molecule has 2 unspecified atom stereocenters. The normalized spacial score (nSPS) is 30.0. The van der Waals surface area contributed by atoms with Crippen LogP contribution in [0.5, 0.6) is 0 Å². The van der Waals surface area contributed by atoms with Gasteiger partial charge in [-0.2, -0.15) is 4.98 Å². The molecule has 2 atom stereocenters. The summed E-state index contributed by atoms with van der Waals surface area (Å²) < 4.78 is 5.41. The molecule has 0 amide bonds. The van der Waals surface area contributed by atoms with Crippen LogP contribution in [0.2, 0.25) is 0 Å².